The van der Waals surface area contributed by atoms with Crippen LogP contribution < -0.4 is 5.32 Å². The van der Waals surface area contributed by atoms with Crippen LogP contribution in [0.4, 0.5) is 4.39 Å². The maximum Gasteiger partial charge on any atom is 0.123 e. The second-order valence-electron chi connectivity index (χ2n) is 3.56. The van der Waals surface area contributed by atoms with E-state index in [0.29, 0.717) is 0 Å². The summed E-state index contributed by atoms with van der Waals surface area (Å²) in [6.07, 6.45) is 0. The van der Waals surface area contributed by atoms with Crippen LogP contribution in [0.25, 0.3) is 10.4 Å². The standard InChI is InChI=1S/C13H14FNS/c1-2-15-9-12-6-7-13(16-12)10-4-3-5-11(14)8-10/h3-8,15H,2,9H2,1H3. The molecule has 0 radical (unpaired) electrons. The third-order valence-corrected chi connectivity index (χ3v) is 3.45. The number of halogens is 1. The van der Waals surface area contributed by atoms with Gasteiger partial charge in [-0.3, -0.25) is 0 Å². The van der Waals surface area contributed by atoms with E-state index in [0.717, 1.165) is 23.5 Å². The summed E-state index contributed by atoms with van der Waals surface area (Å²) in [6, 6.07) is 10.9. The Morgan fingerprint density at radius 2 is 2.12 bits per heavy atom. The molecule has 1 N–H and O–H groups in total. The molecular weight excluding hydrogens is 221 g/mol. The zero-order valence-corrected chi connectivity index (χ0v) is 9.98. The van der Waals surface area contributed by atoms with Crippen molar-refractivity contribution in [3.05, 3.63) is 47.1 Å². The highest BCUT2D eigenvalue weighted by Gasteiger charge is 2.03. The Bertz CT molecular complexity index is 464. The Balaban J connectivity index is 2.18. The fraction of sp³-hybridized carbons (Fsp3) is 0.231. The van der Waals surface area contributed by atoms with Gasteiger partial charge in [-0.25, -0.2) is 4.39 Å². The van der Waals surface area contributed by atoms with Crippen LogP contribution in [-0.4, -0.2) is 6.54 Å². The molecule has 0 saturated heterocycles. The lowest BCUT2D eigenvalue weighted by Gasteiger charge is -1.98. The Morgan fingerprint density at radius 1 is 1.25 bits per heavy atom. The van der Waals surface area contributed by atoms with Gasteiger partial charge in [0.2, 0.25) is 0 Å². The highest BCUT2D eigenvalue weighted by molar-refractivity contribution is 7.15. The molecule has 1 heterocycles. The molecule has 2 rings (SSSR count). The number of benzene rings is 1. The van der Waals surface area contributed by atoms with Crippen molar-refractivity contribution in [3.63, 3.8) is 0 Å². The van der Waals surface area contributed by atoms with Crippen molar-refractivity contribution in [1.82, 2.24) is 5.32 Å². The number of hydrogen-bond acceptors (Lipinski definition) is 2. The molecule has 0 unspecified atom stereocenters. The van der Waals surface area contributed by atoms with Gasteiger partial charge in [0.05, 0.1) is 0 Å². The quantitative estimate of drug-likeness (QED) is 0.852. The van der Waals surface area contributed by atoms with Gasteiger partial charge >= 0.3 is 0 Å². The highest BCUT2D eigenvalue weighted by Crippen LogP contribution is 2.28. The van der Waals surface area contributed by atoms with Crippen molar-refractivity contribution in [3.8, 4) is 10.4 Å². The van der Waals surface area contributed by atoms with E-state index in [4.69, 9.17) is 0 Å². The summed E-state index contributed by atoms with van der Waals surface area (Å²) in [5, 5.41) is 3.28. The van der Waals surface area contributed by atoms with Crippen LogP contribution in [-0.2, 0) is 6.54 Å². The normalized spacial score (nSPS) is 10.6. The Morgan fingerprint density at radius 3 is 2.88 bits per heavy atom. The average molecular weight is 235 g/mol. The SMILES string of the molecule is CCNCc1ccc(-c2cccc(F)c2)s1. The predicted octanol–water partition coefficient (Wildman–Crippen LogP) is 3.66. The molecule has 3 heteroatoms. The maximum absolute atomic E-state index is 13.1. The summed E-state index contributed by atoms with van der Waals surface area (Å²) >= 11 is 1.71. The van der Waals surface area contributed by atoms with Crippen LogP contribution in [0, 0.1) is 5.82 Å². The predicted molar refractivity (Wildman–Crippen MR) is 67.1 cm³/mol. The number of thiophene rings is 1. The van der Waals surface area contributed by atoms with E-state index in [1.807, 2.05) is 12.1 Å². The van der Waals surface area contributed by atoms with Crippen LogP contribution >= 0.6 is 11.3 Å². The molecule has 0 spiro atoms. The van der Waals surface area contributed by atoms with Gasteiger partial charge in [-0.15, -0.1) is 11.3 Å². The van der Waals surface area contributed by atoms with Gasteiger partial charge in [0, 0.05) is 16.3 Å². The topological polar surface area (TPSA) is 12.0 Å². The van der Waals surface area contributed by atoms with Crippen LogP contribution in [0.3, 0.4) is 0 Å². The van der Waals surface area contributed by atoms with Gasteiger partial charge < -0.3 is 5.32 Å². The van der Waals surface area contributed by atoms with Gasteiger partial charge in [-0.05, 0) is 36.4 Å². The summed E-state index contributed by atoms with van der Waals surface area (Å²) in [4.78, 5) is 2.40. The summed E-state index contributed by atoms with van der Waals surface area (Å²) in [6.45, 7) is 3.94. The highest BCUT2D eigenvalue weighted by atomic mass is 32.1. The van der Waals surface area contributed by atoms with E-state index < -0.39 is 0 Å². The first-order chi connectivity index (χ1) is 7.79. The van der Waals surface area contributed by atoms with Gasteiger partial charge in [0.1, 0.15) is 5.82 Å². The fourth-order valence-corrected chi connectivity index (χ4v) is 2.49. The van der Waals surface area contributed by atoms with Crippen LogP contribution in [0.15, 0.2) is 36.4 Å². The Kier molecular flexibility index (Phi) is 3.70. The van der Waals surface area contributed by atoms with E-state index in [1.165, 1.54) is 10.9 Å². The molecule has 0 saturated carbocycles. The molecule has 84 valence electrons. The van der Waals surface area contributed by atoms with Crippen LogP contribution in [0.2, 0.25) is 0 Å². The van der Waals surface area contributed by atoms with Crippen molar-refractivity contribution in [2.45, 2.75) is 13.5 Å². The van der Waals surface area contributed by atoms with Crippen molar-refractivity contribution >= 4 is 11.3 Å². The number of nitrogens with one attached hydrogen (secondary N) is 1. The number of rotatable bonds is 4. The average Bonchev–Trinajstić information content (AvgIpc) is 2.75. The van der Waals surface area contributed by atoms with Crippen molar-refractivity contribution in [2.24, 2.45) is 0 Å². The molecule has 1 aromatic heterocycles. The lowest BCUT2D eigenvalue weighted by Crippen LogP contribution is -2.10. The third kappa shape index (κ3) is 2.68. The van der Waals surface area contributed by atoms with Crippen molar-refractivity contribution < 1.29 is 4.39 Å². The lowest BCUT2D eigenvalue weighted by atomic mass is 10.2. The molecule has 2 aromatic rings. The molecule has 0 aliphatic rings. The van der Waals surface area contributed by atoms with Crippen molar-refractivity contribution in [1.29, 1.82) is 0 Å². The van der Waals surface area contributed by atoms with E-state index >= 15 is 0 Å². The lowest BCUT2D eigenvalue weighted by molar-refractivity contribution is 0.628. The zero-order chi connectivity index (χ0) is 11.4. The van der Waals surface area contributed by atoms with E-state index in [1.54, 1.807) is 23.5 Å². The van der Waals surface area contributed by atoms with Gasteiger partial charge in [-0.2, -0.15) is 0 Å². The summed E-state index contributed by atoms with van der Waals surface area (Å²) in [5.74, 6) is -0.181. The molecular formula is C13H14FNS. The smallest absolute Gasteiger partial charge is 0.123 e. The monoisotopic (exact) mass is 235 g/mol. The summed E-state index contributed by atoms with van der Waals surface area (Å²) < 4.78 is 13.1. The Labute approximate surface area is 98.9 Å². The van der Waals surface area contributed by atoms with Crippen LogP contribution in [0.1, 0.15) is 11.8 Å². The fourth-order valence-electron chi connectivity index (χ4n) is 1.52. The molecule has 1 aromatic carbocycles. The Hall–Kier alpha value is -1.19. The molecule has 1 nitrogen and oxygen atoms in total. The van der Waals surface area contributed by atoms with Crippen LogP contribution in [0.5, 0.6) is 0 Å². The van der Waals surface area contributed by atoms with Gasteiger partial charge in [0.25, 0.3) is 0 Å². The molecule has 0 bridgehead atoms. The first-order valence-corrected chi connectivity index (χ1v) is 6.16. The minimum Gasteiger partial charge on any atom is -0.312 e. The molecule has 0 fully saturated rings. The molecule has 0 atom stereocenters. The number of hydrogen-bond donors (Lipinski definition) is 1. The molecule has 0 aliphatic heterocycles. The molecule has 16 heavy (non-hydrogen) atoms. The minimum absolute atomic E-state index is 0.181. The first kappa shape index (κ1) is 11.3. The van der Waals surface area contributed by atoms with E-state index in [9.17, 15) is 4.39 Å². The molecule has 0 aliphatic carbocycles. The second kappa shape index (κ2) is 5.23. The van der Waals surface area contributed by atoms with Gasteiger partial charge in [0.15, 0.2) is 0 Å². The van der Waals surface area contributed by atoms with E-state index in [2.05, 4.69) is 18.3 Å². The molecule has 0 amide bonds. The van der Waals surface area contributed by atoms with E-state index in [-0.39, 0.29) is 5.82 Å². The largest absolute Gasteiger partial charge is 0.312 e. The maximum atomic E-state index is 13.1. The zero-order valence-electron chi connectivity index (χ0n) is 9.16. The summed E-state index contributed by atoms with van der Waals surface area (Å²) in [5.41, 5.74) is 0.952. The third-order valence-electron chi connectivity index (χ3n) is 2.32. The minimum atomic E-state index is -0.181. The summed E-state index contributed by atoms with van der Waals surface area (Å²) in [7, 11) is 0. The first-order valence-electron chi connectivity index (χ1n) is 5.35. The van der Waals surface area contributed by atoms with Gasteiger partial charge in [-0.1, -0.05) is 19.1 Å². The van der Waals surface area contributed by atoms with Crippen molar-refractivity contribution in [2.75, 3.05) is 6.54 Å². The second-order valence-corrected chi connectivity index (χ2v) is 4.72.